The lowest BCUT2D eigenvalue weighted by Crippen LogP contribution is -2.27. The maximum atomic E-state index is 13.7. The Morgan fingerprint density at radius 1 is 1.30 bits per heavy atom. The van der Waals surface area contributed by atoms with Gasteiger partial charge in [0.1, 0.15) is 17.7 Å². The molecular formula is C18H19FN2O2. The van der Waals surface area contributed by atoms with E-state index in [0.717, 1.165) is 16.5 Å². The van der Waals surface area contributed by atoms with Crippen LogP contribution in [0.1, 0.15) is 30.8 Å². The Morgan fingerprint density at radius 2 is 2.17 bits per heavy atom. The van der Waals surface area contributed by atoms with Crippen LogP contribution in [0.4, 0.5) is 4.39 Å². The minimum atomic E-state index is -0.658. The fraction of sp³-hybridized carbons (Fsp3) is 0.278. The van der Waals surface area contributed by atoms with Crippen LogP contribution in [0.15, 0.2) is 53.3 Å². The lowest BCUT2D eigenvalue weighted by Gasteiger charge is -2.17. The van der Waals surface area contributed by atoms with E-state index in [0.29, 0.717) is 18.7 Å². The Morgan fingerprint density at radius 3 is 2.96 bits per heavy atom. The summed E-state index contributed by atoms with van der Waals surface area (Å²) in [6.45, 7) is 2.46. The van der Waals surface area contributed by atoms with Gasteiger partial charge in [0.05, 0.1) is 11.8 Å². The number of aliphatic hydroxyl groups excluding tert-OH is 1. The maximum Gasteiger partial charge on any atom is 0.132 e. The zero-order chi connectivity index (χ0) is 16.2. The molecule has 23 heavy (non-hydrogen) atoms. The smallest absolute Gasteiger partial charge is 0.132 e. The molecular weight excluding hydrogens is 295 g/mol. The summed E-state index contributed by atoms with van der Waals surface area (Å²) in [7, 11) is 0. The Hall–Kier alpha value is -2.24. The van der Waals surface area contributed by atoms with Gasteiger partial charge in [0, 0.05) is 24.2 Å². The molecule has 0 aliphatic carbocycles. The van der Waals surface area contributed by atoms with Crippen LogP contribution < -0.4 is 5.32 Å². The van der Waals surface area contributed by atoms with Crippen molar-refractivity contribution in [2.75, 3.05) is 0 Å². The molecule has 0 radical (unpaired) electrons. The number of fused-ring (bicyclic) bond motifs is 1. The van der Waals surface area contributed by atoms with E-state index < -0.39 is 6.10 Å². The number of nitrogens with zero attached hydrogens (tertiary/aromatic N) is 1. The van der Waals surface area contributed by atoms with Crippen molar-refractivity contribution in [1.29, 1.82) is 0 Å². The van der Waals surface area contributed by atoms with Crippen LogP contribution in [0, 0.1) is 5.82 Å². The van der Waals surface area contributed by atoms with E-state index in [9.17, 15) is 9.50 Å². The number of nitrogens with one attached hydrogen (secondary N) is 1. The highest BCUT2D eigenvalue weighted by Crippen LogP contribution is 2.20. The van der Waals surface area contributed by atoms with Crippen molar-refractivity contribution in [1.82, 2.24) is 10.3 Å². The van der Waals surface area contributed by atoms with Crippen LogP contribution in [-0.2, 0) is 6.54 Å². The number of hydrogen-bond donors (Lipinski definition) is 2. The Labute approximate surface area is 134 Å². The highest BCUT2D eigenvalue weighted by atomic mass is 19.1. The van der Waals surface area contributed by atoms with E-state index in [1.54, 1.807) is 30.7 Å². The van der Waals surface area contributed by atoms with Crippen molar-refractivity contribution in [2.45, 2.75) is 32.0 Å². The minimum Gasteiger partial charge on any atom is -0.467 e. The van der Waals surface area contributed by atoms with E-state index >= 15 is 0 Å². The van der Waals surface area contributed by atoms with Gasteiger partial charge in [-0.05, 0) is 49.2 Å². The SMILES string of the molecule is CC(CC(O)c1ccco1)NCc1cc(F)cc2cccnc12. The first-order chi connectivity index (χ1) is 11.1. The van der Waals surface area contributed by atoms with E-state index in [4.69, 9.17) is 4.42 Å². The number of aromatic nitrogens is 1. The largest absolute Gasteiger partial charge is 0.467 e. The number of halogens is 1. The second-order valence-electron chi connectivity index (χ2n) is 5.69. The zero-order valence-electron chi connectivity index (χ0n) is 12.9. The molecule has 120 valence electrons. The van der Waals surface area contributed by atoms with Crippen LogP contribution in [-0.4, -0.2) is 16.1 Å². The molecule has 2 aromatic heterocycles. The average molecular weight is 314 g/mol. The van der Waals surface area contributed by atoms with Crippen molar-refractivity contribution < 1.29 is 13.9 Å². The molecule has 2 atom stereocenters. The van der Waals surface area contributed by atoms with Gasteiger partial charge in [0.2, 0.25) is 0 Å². The van der Waals surface area contributed by atoms with Gasteiger partial charge in [0.25, 0.3) is 0 Å². The van der Waals surface area contributed by atoms with E-state index in [1.165, 1.54) is 12.1 Å². The van der Waals surface area contributed by atoms with Gasteiger partial charge in [-0.2, -0.15) is 0 Å². The topological polar surface area (TPSA) is 58.3 Å². The van der Waals surface area contributed by atoms with Crippen molar-refractivity contribution in [3.8, 4) is 0 Å². The Balaban J connectivity index is 1.66. The Bertz CT molecular complexity index is 774. The first-order valence-electron chi connectivity index (χ1n) is 7.61. The van der Waals surface area contributed by atoms with Gasteiger partial charge in [-0.15, -0.1) is 0 Å². The second-order valence-corrected chi connectivity index (χ2v) is 5.69. The van der Waals surface area contributed by atoms with Crippen LogP contribution in [0.2, 0.25) is 0 Å². The fourth-order valence-corrected chi connectivity index (χ4v) is 2.66. The van der Waals surface area contributed by atoms with Gasteiger partial charge in [-0.25, -0.2) is 4.39 Å². The summed E-state index contributed by atoms with van der Waals surface area (Å²) in [4.78, 5) is 4.33. The normalized spacial score (nSPS) is 14.0. The molecule has 0 amide bonds. The fourth-order valence-electron chi connectivity index (χ4n) is 2.66. The zero-order valence-corrected chi connectivity index (χ0v) is 12.9. The molecule has 1 aromatic carbocycles. The third-order valence-electron chi connectivity index (χ3n) is 3.84. The molecule has 2 N–H and O–H groups in total. The molecule has 0 saturated heterocycles. The molecule has 4 nitrogen and oxygen atoms in total. The lowest BCUT2D eigenvalue weighted by atomic mass is 10.1. The van der Waals surface area contributed by atoms with Crippen LogP contribution in [0.3, 0.4) is 0 Å². The second kappa shape index (κ2) is 6.89. The van der Waals surface area contributed by atoms with Crippen LogP contribution in [0.25, 0.3) is 10.9 Å². The monoisotopic (exact) mass is 314 g/mol. The average Bonchev–Trinajstić information content (AvgIpc) is 3.07. The lowest BCUT2D eigenvalue weighted by molar-refractivity contribution is 0.128. The number of aliphatic hydroxyl groups is 1. The van der Waals surface area contributed by atoms with Gasteiger partial charge >= 0.3 is 0 Å². The summed E-state index contributed by atoms with van der Waals surface area (Å²) in [6.07, 6.45) is 3.10. The summed E-state index contributed by atoms with van der Waals surface area (Å²) in [5, 5.41) is 14.2. The van der Waals surface area contributed by atoms with Crippen LogP contribution >= 0.6 is 0 Å². The molecule has 5 heteroatoms. The maximum absolute atomic E-state index is 13.7. The summed E-state index contributed by atoms with van der Waals surface area (Å²) in [6, 6.07) is 10.2. The number of pyridine rings is 1. The standard InChI is InChI=1S/C18H19FN2O2/c1-12(8-16(22)17-5-3-7-23-17)21-11-14-10-15(19)9-13-4-2-6-20-18(13)14/h2-7,9-10,12,16,21-22H,8,11H2,1H3. The third-order valence-corrected chi connectivity index (χ3v) is 3.84. The molecule has 0 aliphatic rings. The predicted molar refractivity (Wildman–Crippen MR) is 86.3 cm³/mol. The molecule has 0 fully saturated rings. The molecule has 0 bridgehead atoms. The first kappa shape index (κ1) is 15.6. The minimum absolute atomic E-state index is 0.0390. The molecule has 2 unspecified atom stereocenters. The van der Waals surface area contributed by atoms with E-state index in [1.807, 2.05) is 13.0 Å². The number of hydrogen-bond acceptors (Lipinski definition) is 4. The van der Waals surface area contributed by atoms with E-state index in [-0.39, 0.29) is 11.9 Å². The summed E-state index contributed by atoms with van der Waals surface area (Å²) >= 11 is 0. The van der Waals surface area contributed by atoms with E-state index in [2.05, 4.69) is 10.3 Å². The molecule has 0 saturated carbocycles. The number of benzene rings is 1. The van der Waals surface area contributed by atoms with Crippen molar-refractivity contribution in [2.24, 2.45) is 0 Å². The van der Waals surface area contributed by atoms with Crippen molar-refractivity contribution >= 4 is 10.9 Å². The highest BCUT2D eigenvalue weighted by Gasteiger charge is 2.15. The first-order valence-corrected chi connectivity index (χ1v) is 7.61. The molecule has 3 aromatic rings. The summed E-state index contributed by atoms with van der Waals surface area (Å²) in [5.74, 6) is 0.280. The number of rotatable bonds is 6. The Kier molecular flexibility index (Phi) is 4.69. The third kappa shape index (κ3) is 3.75. The van der Waals surface area contributed by atoms with Gasteiger partial charge in [-0.3, -0.25) is 4.98 Å². The highest BCUT2D eigenvalue weighted by molar-refractivity contribution is 5.81. The van der Waals surface area contributed by atoms with Crippen molar-refractivity contribution in [3.05, 3.63) is 66.0 Å². The number of furan rings is 1. The van der Waals surface area contributed by atoms with Gasteiger partial charge in [-0.1, -0.05) is 6.07 Å². The quantitative estimate of drug-likeness (QED) is 0.730. The molecule has 2 heterocycles. The predicted octanol–water partition coefficient (Wildman–Crippen LogP) is 3.57. The summed E-state index contributed by atoms with van der Waals surface area (Å²) in [5.41, 5.74) is 1.60. The van der Waals surface area contributed by atoms with Crippen molar-refractivity contribution in [3.63, 3.8) is 0 Å². The van der Waals surface area contributed by atoms with Crippen LogP contribution in [0.5, 0.6) is 0 Å². The van der Waals surface area contributed by atoms with Gasteiger partial charge in [0.15, 0.2) is 0 Å². The summed E-state index contributed by atoms with van der Waals surface area (Å²) < 4.78 is 18.9. The molecule has 0 spiro atoms. The molecule has 3 rings (SSSR count). The molecule has 0 aliphatic heterocycles. The van der Waals surface area contributed by atoms with Gasteiger partial charge < -0.3 is 14.8 Å².